The maximum atomic E-state index is 8.99. The Bertz CT molecular complexity index is 93.3. The zero-order chi connectivity index (χ0) is 9.45. The molecular weight excluding hydrogens is 187 g/mol. The predicted octanol–water partition coefficient (Wildman–Crippen LogP) is -0.442. The van der Waals surface area contributed by atoms with Crippen LogP contribution >= 0.6 is 0 Å². The number of aliphatic hydroxyl groups excluding tert-OH is 1. The smallest absolute Gasteiger partial charge is 0.307 e. The topological polar surface area (TPSA) is 47.9 Å². The molecular formula is C8H21AlO4. The summed E-state index contributed by atoms with van der Waals surface area (Å²) in [5.74, 6) is -1.25. The predicted molar refractivity (Wildman–Crippen MR) is 54.6 cm³/mol. The molecule has 0 saturated carbocycles. The summed E-state index contributed by atoms with van der Waals surface area (Å²) in [6, 6.07) is 0. The highest BCUT2D eigenvalue weighted by Gasteiger charge is 2.31. The molecule has 1 N–H and O–H groups in total. The summed E-state index contributed by atoms with van der Waals surface area (Å²) < 4.78 is 15.5. The molecule has 80 valence electrons. The monoisotopic (exact) mass is 208 g/mol. The van der Waals surface area contributed by atoms with Crippen LogP contribution in [0.1, 0.15) is 20.8 Å². The van der Waals surface area contributed by atoms with E-state index < -0.39 is 5.97 Å². The summed E-state index contributed by atoms with van der Waals surface area (Å²) >= 11 is 0. The fraction of sp³-hybridized carbons (Fsp3) is 1.00. The lowest BCUT2D eigenvalue weighted by molar-refractivity contribution is -0.387. The zero-order valence-electron chi connectivity index (χ0n) is 8.00. The van der Waals surface area contributed by atoms with Crippen molar-refractivity contribution in [1.29, 1.82) is 0 Å². The quantitative estimate of drug-likeness (QED) is 0.455. The van der Waals surface area contributed by atoms with Crippen LogP contribution in [0.3, 0.4) is 0 Å². The van der Waals surface area contributed by atoms with E-state index in [0.29, 0.717) is 19.8 Å². The minimum atomic E-state index is -1.25. The van der Waals surface area contributed by atoms with Gasteiger partial charge in [0, 0.05) is 19.8 Å². The summed E-state index contributed by atoms with van der Waals surface area (Å²) in [6.45, 7) is 6.51. The Morgan fingerprint density at radius 3 is 1.38 bits per heavy atom. The van der Waals surface area contributed by atoms with Crippen molar-refractivity contribution < 1.29 is 19.3 Å². The van der Waals surface area contributed by atoms with Gasteiger partial charge in [-0.2, -0.15) is 0 Å². The Kier molecular flexibility index (Phi) is 10.9. The van der Waals surface area contributed by atoms with E-state index >= 15 is 0 Å². The molecule has 0 unspecified atom stereocenters. The Morgan fingerprint density at radius 1 is 0.923 bits per heavy atom. The number of hydrogen-bond acceptors (Lipinski definition) is 4. The van der Waals surface area contributed by atoms with Crippen LogP contribution in [-0.2, 0) is 14.2 Å². The van der Waals surface area contributed by atoms with Gasteiger partial charge in [0.2, 0.25) is 0 Å². The van der Waals surface area contributed by atoms with Gasteiger partial charge >= 0.3 is 5.97 Å². The number of aliphatic hydroxyl groups is 1. The average Bonchev–Trinajstić information content (AvgIpc) is 2.06. The van der Waals surface area contributed by atoms with Gasteiger partial charge in [0.25, 0.3) is 0 Å². The molecule has 0 rings (SSSR count). The van der Waals surface area contributed by atoms with Crippen LogP contribution in [0, 0.1) is 0 Å². The van der Waals surface area contributed by atoms with Gasteiger partial charge in [-0.15, -0.1) is 0 Å². The maximum Gasteiger partial charge on any atom is 0.307 e. The Balaban J connectivity index is 0. The fourth-order valence-corrected chi connectivity index (χ4v) is 0.922. The minimum absolute atomic E-state index is 0. The normalized spacial score (nSPS) is 11.1. The lowest BCUT2D eigenvalue weighted by Crippen LogP contribution is -2.43. The summed E-state index contributed by atoms with van der Waals surface area (Å²) in [7, 11) is 0. The molecule has 4 nitrogen and oxygen atoms in total. The molecule has 0 spiro atoms. The average molecular weight is 208 g/mol. The second-order valence-electron chi connectivity index (χ2n) is 2.14. The fourth-order valence-electron chi connectivity index (χ4n) is 0.922. The highest BCUT2D eigenvalue weighted by atomic mass is 27.0. The third-order valence-electron chi connectivity index (χ3n) is 1.29. The highest BCUT2D eigenvalue weighted by molar-refractivity contribution is 5.75. The standard InChI is InChI=1S/C8H18O4.Al.3H/c1-4-10-8(7-9,11-5-2)12-6-3;;;;/h9H,4-7H2,1-3H3;;;;. The molecule has 0 aliphatic heterocycles. The van der Waals surface area contributed by atoms with Crippen molar-refractivity contribution in [3.05, 3.63) is 0 Å². The second-order valence-corrected chi connectivity index (χ2v) is 2.14. The van der Waals surface area contributed by atoms with Crippen LogP contribution < -0.4 is 0 Å². The van der Waals surface area contributed by atoms with E-state index in [1.54, 1.807) is 0 Å². The molecule has 0 atom stereocenters. The largest absolute Gasteiger partial charge is 0.388 e. The first kappa shape index (κ1) is 15.8. The lowest BCUT2D eigenvalue weighted by Gasteiger charge is -2.29. The lowest BCUT2D eigenvalue weighted by atomic mass is 10.5. The van der Waals surface area contributed by atoms with Gasteiger partial charge in [-0.3, -0.25) is 0 Å². The molecule has 0 fully saturated rings. The number of ether oxygens (including phenoxy) is 3. The van der Waals surface area contributed by atoms with Crippen molar-refractivity contribution in [2.75, 3.05) is 26.4 Å². The van der Waals surface area contributed by atoms with Gasteiger partial charge in [0.05, 0.1) is 0 Å². The van der Waals surface area contributed by atoms with Crippen LogP contribution in [0.2, 0.25) is 0 Å². The van der Waals surface area contributed by atoms with Crippen molar-refractivity contribution in [2.24, 2.45) is 0 Å². The Hall–Kier alpha value is 0.372. The Morgan fingerprint density at radius 2 is 1.23 bits per heavy atom. The first-order chi connectivity index (χ1) is 5.74. The van der Waals surface area contributed by atoms with E-state index in [1.165, 1.54) is 0 Å². The van der Waals surface area contributed by atoms with Crippen LogP contribution in [0.25, 0.3) is 0 Å². The van der Waals surface area contributed by atoms with Crippen LogP contribution in [0.15, 0.2) is 0 Å². The number of rotatable bonds is 7. The van der Waals surface area contributed by atoms with E-state index in [0.717, 1.165) is 0 Å². The third-order valence-corrected chi connectivity index (χ3v) is 1.29. The molecule has 0 radical (unpaired) electrons. The van der Waals surface area contributed by atoms with Crippen molar-refractivity contribution in [2.45, 2.75) is 26.7 Å². The van der Waals surface area contributed by atoms with Crippen LogP contribution in [0.4, 0.5) is 0 Å². The Labute approximate surface area is 90.3 Å². The van der Waals surface area contributed by atoms with Gasteiger partial charge in [-0.05, 0) is 20.8 Å². The summed E-state index contributed by atoms with van der Waals surface area (Å²) in [5, 5.41) is 8.99. The molecule has 13 heavy (non-hydrogen) atoms. The first-order valence-corrected chi connectivity index (χ1v) is 4.27. The first-order valence-electron chi connectivity index (χ1n) is 4.27. The molecule has 0 heterocycles. The highest BCUT2D eigenvalue weighted by Crippen LogP contribution is 2.14. The van der Waals surface area contributed by atoms with Crippen molar-refractivity contribution >= 4 is 17.4 Å². The molecule has 0 aromatic carbocycles. The van der Waals surface area contributed by atoms with Gasteiger partial charge in [-0.1, -0.05) is 0 Å². The summed E-state index contributed by atoms with van der Waals surface area (Å²) in [5.41, 5.74) is 0. The molecule has 5 heteroatoms. The van der Waals surface area contributed by atoms with Gasteiger partial charge in [-0.25, -0.2) is 0 Å². The van der Waals surface area contributed by atoms with Crippen molar-refractivity contribution in [3.8, 4) is 0 Å². The summed E-state index contributed by atoms with van der Waals surface area (Å²) in [6.07, 6.45) is 0. The van der Waals surface area contributed by atoms with Crippen molar-refractivity contribution in [3.63, 3.8) is 0 Å². The second kappa shape index (κ2) is 8.95. The molecule has 0 amide bonds. The van der Waals surface area contributed by atoms with Crippen LogP contribution in [-0.4, -0.2) is 54.9 Å². The molecule has 0 aliphatic carbocycles. The maximum absolute atomic E-state index is 8.99. The molecule has 0 aromatic heterocycles. The van der Waals surface area contributed by atoms with Gasteiger partial charge in [0.1, 0.15) is 6.61 Å². The SMILES string of the molecule is CCOC(CO)(OCC)OCC.[AlH3]. The molecule has 0 bridgehead atoms. The van der Waals surface area contributed by atoms with E-state index in [-0.39, 0.29) is 24.0 Å². The van der Waals surface area contributed by atoms with E-state index in [9.17, 15) is 0 Å². The van der Waals surface area contributed by atoms with Gasteiger partial charge in [0.15, 0.2) is 17.4 Å². The van der Waals surface area contributed by atoms with Crippen LogP contribution in [0.5, 0.6) is 0 Å². The van der Waals surface area contributed by atoms with Gasteiger partial charge < -0.3 is 19.3 Å². The zero-order valence-corrected chi connectivity index (χ0v) is 8.00. The molecule has 0 aromatic rings. The van der Waals surface area contributed by atoms with E-state index in [4.69, 9.17) is 19.3 Å². The number of hydrogen-bond donors (Lipinski definition) is 1. The molecule has 0 aliphatic rings. The van der Waals surface area contributed by atoms with Crippen molar-refractivity contribution in [1.82, 2.24) is 0 Å². The molecule has 0 saturated heterocycles. The van der Waals surface area contributed by atoms with E-state index in [2.05, 4.69) is 0 Å². The third kappa shape index (κ3) is 5.63. The summed E-state index contributed by atoms with van der Waals surface area (Å²) in [4.78, 5) is 0. The minimum Gasteiger partial charge on any atom is -0.388 e. The van der Waals surface area contributed by atoms with E-state index in [1.807, 2.05) is 20.8 Å².